The molecule has 0 saturated carbocycles. The lowest BCUT2D eigenvalue weighted by molar-refractivity contribution is 0.0531. The fourth-order valence-corrected chi connectivity index (χ4v) is 2.22. The summed E-state index contributed by atoms with van der Waals surface area (Å²) in [6.07, 6.45) is 1.99. The van der Waals surface area contributed by atoms with Crippen LogP contribution in [0.2, 0.25) is 0 Å². The fraction of sp³-hybridized carbons (Fsp3) is 0.600. The van der Waals surface area contributed by atoms with Gasteiger partial charge in [0.1, 0.15) is 4.88 Å². The van der Waals surface area contributed by atoms with Crippen molar-refractivity contribution >= 4 is 17.3 Å². The predicted molar refractivity (Wildman–Crippen MR) is 56.8 cm³/mol. The molecule has 3 nitrogen and oxygen atoms in total. The van der Waals surface area contributed by atoms with Gasteiger partial charge in [-0.25, -0.2) is 9.78 Å². The number of carbonyl (C=O) groups is 1. The SMILES string of the molecule is CCCc1nc(C)c(C(=O)OCC)s1. The van der Waals surface area contributed by atoms with E-state index in [4.69, 9.17) is 4.74 Å². The Bertz CT molecular complexity index is 320. The molecular weight excluding hydrogens is 198 g/mol. The first-order valence-electron chi connectivity index (χ1n) is 4.82. The second-order valence-electron chi connectivity index (χ2n) is 2.99. The normalized spacial score (nSPS) is 10.2. The number of nitrogens with zero attached hydrogens (tertiary/aromatic N) is 1. The van der Waals surface area contributed by atoms with Crippen LogP contribution in [0, 0.1) is 6.92 Å². The third-order valence-corrected chi connectivity index (χ3v) is 2.96. The maximum absolute atomic E-state index is 11.4. The molecular formula is C10H15NO2S. The molecule has 0 spiro atoms. The van der Waals surface area contributed by atoms with Crippen LogP contribution >= 0.6 is 11.3 Å². The average Bonchev–Trinajstić information content (AvgIpc) is 2.48. The van der Waals surface area contributed by atoms with E-state index in [-0.39, 0.29) is 5.97 Å². The van der Waals surface area contributed by atoms with Gasteiger partial charge >= 0.3 is 5.97 Å². The number of carbonyl (C=O) groups excluding carboxylic acids is 1. The number of hydrogen-bond acceptors (Lipinski definition) is 4. The summed E-state index contributed by atoms with van der Waals surface area (Å²) in [6.45, 7) is 6.17. The number of hydrogen-bond donors (Lipinski definition) is 0. The number of esters is 1. The maximum Gasteiger partial charge on any atom is 0.350 e. The maximum atomic E-state index is 11.4. The van der Waals surface area contributed by atoms with E-state index in [0.29, 0.717) is 11.5 Å². The molecule has 1 rings (SSSR count). The highest BCUT2D eigenvalue weighted by molar-refractivity contribution is 7.13. The molecule has 0 bridgehead atoms. The average molecular weight is 213 g/mol. The van der Waals surface area contributed by atoms with Crippen molar-refractivity contribution in [3.05, 3.63) is 15.6 Å². The zero-order valence-corrected chi connectivity index (χ0v) is 9.61. The summed E-state index contributed by atoms with van der Waals surface area (Å²) in [7, 11) is 0. The summed E-state index contributed by atoms with van der Waals surface area (Å²) in [5.41, 5.74) is 0.789. The Hall–Kier alpha value is -0.900. The minimum atomic E-state index is -0.246. The molecule has 0 fully saturated rings. The van der Waals surface area contributed by atoms with Crippen LogP contribution in [-0.2, 0) is 11.2 Å². The largest absolute Gasteiger partial charge is 0.462 e. The van der Waals surface area contributed by atoms with Crippen LogP contribution in [0.1, 0.15) is 40.6 Å². The molecule has 1 heterocycles. The van der Waals surface area contributed by atoms with Gasteiger partial charge in [0, 0.05) is 0 Å². The third kappa shape index (κ3) is 2.54. The quantitative estimate of drug-likeness (QED) is 0.722. The van der Waals surface area contributed by atoms with Crippen molar-refractivity contribution in [3.8, 4) is 0 Å². The van der Waals surface area contributed by atoms with Crippen LogP contribution in [0.5, 0.6) is 0 Å². The van der Waals surface area contributed by atoms with Crippen LogP contribution in [-0.4, -0.2) is 17.6 Å². The Morgan fingerprint density at radius 1 is 1.50 bits per heavy atom. The van der Waals surface area contributed by atoms with Crippen molar-refractivity contribution in [3.63, 3.8) is 0 Å². The molecule has 1 aromatic rings. The molecule has 14 heavy (non-hydrogen) atoms. The molecule has 0 radical (unpaired) electrons. The summed E-state index contributed by atoms with van der Waals surface area (Å²) >= 11 is 1.45. The van der Waals surface area contributed by atoms with Crippen LogP contribution < -0.4 is 0 Å². The van der Waals surface area contributed by atoms with Gasteiger partial charge in [0.25, 0.3) is 0 Å². The number of aromatic nitrogens is 1. The van der Waals surface area contributed by atoms with Gasteiger partial charge in [0.2, 0.25) is 0 Å². The van der Waals surface area contributed by atoms with Crippen molar-refractivity contribution in [2.24, 2.45) is 0 Å². The zero-order valence-electron chi connectivity index (χ0n) is 8.79. The second kappa shape index (κ2) is 5.10. The number of thiazole rings is 1. The van der Waals surface area contributed by atoms with E-state index in [1.54, 1.807) is 6.92 Å². The standard InChI is InChI=1S/C10H15NO2S/c1-4-6-8-11-7(3)9(14-8)10(12)13-5-2/h4-6H2,1-3H3. The number of ether oxygens (including phenoxy) is 1. The predicted octanol–water partition coefficient (Wildman–Crippen LogP) is 2.58. The molecule has 0 aliphatic carbocycles. The molecule has 0 unspecified atom stereocenters. The summed E-state index contributed by atoms with van der Waals surface area (Å²) < 4.78 is 4.93. The van der Waals surface area contributed by atoms with E-state index >= 15 is 0 Å². The molecule has 0 N–H and O–H groups in total. The second-order valence-corrected chi connectivity index (χ2v) is 4.08. The van der Waals surface area contributed by atoms with E-state index in [0.717, 1.165) is 23.5 Å². The van der Waals surface area contributed by atoms with Crippen molar-refractivity contribution in [2.75, 3.05) is 6.61 Å². The molecule has 0 aliphatic rings. The van der Waals surface area contributed by atoms with E-state index in [1.165, 1.54) is 11.3 Å². The molecule has 1 aromatic heterocycles. The van der Waals surface area contributed by atoms with Crippen LogP contribution in [0.25, 0.3) is 0 Å². The Morgan fingerprint density at radius 2 is 2.21 bits per heavy atom. The lowest BCUT2D eigenvalue weighted by atomic mass is 10.3. The topological polar surface area (TPSA) is 39.2 Å². The summed E-state index contributed by atoms with van der Waals surface area (Å²) in [5.74, 6) is -0.246. The minimum absolute atomic E-state index is 0.246. The summed E-state index contributed by atoms with van der Waals surface area (Å²) in [4.78, 5) is 16.4. The van der Waals surface area contributed by atoms with Gasteiger partial charge in [-0.15, -0.1) is 11.3 Å². The monoisotopic (exact) mass is 213 g/mol. The van der Waals surface area contributed by atoms with Crippen LogP contribution in [0.15, 0.2) is 0 Å². The van der Waals surface area contributed by atoms with E-state index < -0.39 is 0 Å². The Balaban J connectivity index is 2.81. The Labute approximate surface area is 88.1 Å². The van der Waals surface area contributed by atoms with Gasteiger partial charge < -0.3 is 4.74 Å². The minimum Gasteiger partial charge on any atom is -0.462 e. The first-order chi connectivity index (χ1) is 6.69. The van der Waals surface area contributed by atoms with Gasteiger partial charge in [-0.05, 0) is 26.7 Å². The first kappa shape index (κ1) is 11.2. The highest BCUT2D eigenvalue weighted by atomic mass is 32.1. The number of aryl methyl sites for hydroxylation is 2. The van der Waals surface area contributed by atoms with Crippen molar-refractivity contribution in [2.45, 2.75) is 33.6 Å². The van der Waals surface area contributed by atoms with Crippen molar-refractivity contribution in [1.82, 2.24) is 4.98 Å². The molecule has 0 aromatic carbocycles. The highest BCUT2D eigenvalue weighted by Crippen LogP contribution is 2.20. The highest BCUT2D eigenvalue weighted by Gasteiger charge is 2.15. The summed E-state index contributed by atoms with van der Waals surface area (Å²) in [6, 6.07) is 0. The molecule has 0 atom stereocenters. The fourth-order valence-electron chi connectivity index (χ4n) is 1.16. The third-order valence-electron chi connectivity index (χ3n) is 1.77. The Kier molecular flexibility index (Phi) is 4.07. The molecule has 0 amide bonds. The van der Waals surface area contributed by atoms with Crippen molar-refractivity contribution < 1.29 is 9.53 Å². The van der Waals surface area contributed by atoms with Gasteiger partial charge in [-0.3, -0.25) is 0 Å². The Morgan fingerprint density at radius 3 is 2.79 bits per heavy atom. The summed E-state index contributed by atoms with van der Waals surface area (Å²) in [5, 5.41) is 1.02. The van der Waals surface area contributed by atoms with E-state index in [9.17, 15) is 4.79 Å². The van der Waals surface area contributed by atoms with Gasteiger partial charge in [-0.1, -0.05) is 6.92 Å². The molecule has 78 valence electrons. The van der Waals surface area contributed by atoms with E-state index in [1.807, 2.05) is 6.92 Å². The number of rotatable bonds is 4. The lowest BCUT2D eigenvalue weighted by Gasteiger charge is -1.97. The van der Waals surface area contributed by atoms with Gasteiger partial charge in [0.15, 0.2) is 0 Å². The first-order valence-corrected chi connectivity index (χ1v) is 5.64. The van der Waals surface area contributed by atoms with Crippen LogP contribution in [0.3, 0.4) is 0 Å². The lowest BCUT2D eigenvalue weighted by Crippen LogP contribution is -2.03. The smallest absolute Gasteiger partial charge is 0.350 e. The molecule has 0 saturated heterocycles. The van der Waals surface area contributed by atoms with Gasteiger partial charge in [-0.2, -0.15) is 0 Å². The zero-order chi connectivity index (χ0) is 10.6. The molecule has 4 heteroatoms. The molecule has 0 aliphatic heterocycles. The van der Waals surface area contributed by atoms with Crippen LogP contribution in [0.4, 0.5) is 0 Å². The van der Waals surface area contributed by atoms with Gasteiger partial charge in [0.05, 0.1) is 17.3 Å². The van der Waals surface area contributed by atoms with Crippen molar-refractivity contribution in [1.29, 1.82) is 0 Å². The van der Waals surface area contributed by atoms with E-state index in [2.05, 4.69) is 11.9 Å².